The molecule has 0 aliphatic rings. The molecule has 1 atom stereocenters. The van der Waals surface area contributed by atoms with Crippen molar-refractivity contribution in [3.05, 3.63) is 11.7 Å². The Labute approximate surface area is 123 Å². The van der Waals surface area contributed by atoms with Gasteiger partial charge in [0.2, 0.25) is 0 Å². The third-order valence-electron chi connectivity index (χ3n) is 2.11. The molecule has 0 saturated carbocycles. The molecule has 9 heteroatoms. The van der Waals surface area contributed by atoms with E-state index in [1.54, 1.807) is 0 Å². The van der Waals surface area contributed by atoms with Crippen molar-refractivity contribution in [1.29, 1.82) is 0 Å². The number of nitrogens with two attached hydrogens (primary N) is 2. The van der Waals surface area contributed by atoms with Crippen LogP contribution in [0.3, 0.4) is 0 Å². The number of amidine groups is 1. The average Bonchev–Trinajstić information content (AvgIpc) is 2.22. The third-order valence-corrected chi connectivity index (χ3v) is 2.11. The lowest BCUT2D eigenvalue weighted by Crippen LogP contribution is -2.44. The van der Waals surface area contributed by atoms with Gasteiger partial charge in [-0.1, -0.05) is 0 Å². The number of allylic oxidation sites excluding steroid dienone is 1. The van der Waals surface area contributed by atoms with Crippen LogP contribution in [0, 0.1) is 0 Å². The van der Waals surface area contributed by atoms with Crippen LogP contribution in [0.5, 0.6) is 0 Å². The Hall–Kier alpha value is -0.920. The first kappa shape index (κ1) is 23.2. The van der Waals surface area contributed by atoms with Gasteiger partial charge in [0.25, 0.3) is 0 Å². The molecule has 0 aliphatic heterocycles. The van der Waals surface area contributed by atoms with Crippen molar-refractivity contribution >= 4 is 36.6 Å². The van der Waals surface area contributed by atoms with Crippen molar-refractivity contribution in [3.63, 3.8) is 0 Å². The fraction of sp³-hybridized carbons (Fsp3) is 0.600. The van der Waals surface area contributed by atoms with Crippen molar-refractivity contribution < 1.29 is 18.7 Å². The number of carboxylic acid groups (broad SMARTS) is 1. The molecule has 0 radical (unpaired) electrons. The first-order chi connectivity index (χ1) is 7.66. The van der Waals surface area contributed by atoms with Crippen LogP contribution in [0.15, 0.2) is 16.6 Å². The van der Waals surface area contributed by atoms with Crippen molar-refractivity contribution in [1.82, 2.24) is 0 Å². The number of carbonyl (C=O) groups is 1. The van der Waals surface area contributed by atoms with Gasteiger partial charge in [-0.15, -0.1) is 24.8 Å². The van der Waals surface area contributed by atoms with Gasteiger partial charge >= 0.3 is 5.97 Å². The Morgan fingerprint density at radius 1 is 1.32 bits per heavy atom. The summed E-state index contributed by atoms with van der Waals surface area (Å²) in [7, 11) is 0. The zero-order chi connectivity index (χ0) is 13.6. The van der Waals surface area contributed by atoms with Crippen molar-refractivity contribution in [2.45, 2.75) is 32.2 Å². The van der Waals surface area contributed by atoms with E-state index in [-0.39, 0.29) is 43.5 Å². The molecule has 0 heterocycles. The number of rotatable bonds is 6. The topological polar surface area (TPSA) is 102 Å². The molecule has 0 aliphatic carbocycles. The minimum atomic E-state index is -1.58. The molecule has 1 unspecified atom stereocenters. The van der Waals surface area contributed by atoms with Gasteiger partial charge in [-0.3, -0.25) is 9.79 Å². The molecule has 5 N–H and O–H groups in total. The third kappa shape index (κ3) is 9.63. The highest BCUT2D eigenvalue weighted by molar-refractivity contribution is 5.85. The normalized spacial score (nSPS) is 15.5. The van der Waals surface area contributed by atoms with Crippen LogP contribution >= 0.6 is 24.8 Å². The molecule has 0 rings (SSSR count). The minimum Gasteiger partial charge on any atom is -0.480 e. The van der Waals surface area contributed by atoms with Crippen LogP contribution in [-0.2, 0) is 4.79 Å². The molecule has 0 bridgehead atoms. The summed E-state index contributed by atoms with van der Waals surface area (Å²) in [5.74, 6) is -3.23. The Bertz CT molecular complexity index is 357. The zero-order valence-electron chi connectivity index (χ0n) is 10.7. The van der Waals surface area contributed by atoms with Gasteiger partial charge in [0, 0.05) is 6.42 Å². The Morgan fingerprint density at radius 3 is 2.16 bits per heavy atom. The summed E-state index contributed by atoms with van der Waals surface area (Å²) >= 11 is 0. The van der Waals surface area contributed by atoms with Gasteiger partial charge in [-0.25, -0.2) is 8.78 Å². The summed E-state index contributed by atoms with van der Waals surface area (Å²) in [6.07, 6.45) is -0.586. The second kappa shape index (κ2) is 9.94. The van der Waals surface area contributed by atoms with Gasteiger partial charge < -0.3 is 16.6 Å². The number of hydrogen-bond acceptors (Lipinski definition) is 3. The van der Waals surface area contributed by atoms with Gasteiger partial charge in [0.05, 0.1) is 12.4 Å². The standard InChI is InChI=1S/C10H17F2N3O2.2ClH/c1-6(13)15-5-8(12)7(11)3-4-10(2,14)9(16)17;;/h3-5,14H2,1-2H3,(H2,13,15)(H,16,17);2*1H/b8-7-;;. The summed E-state index contributed by atoms with van der Waals surface area (Å²) in [4.78, 5) is 14.1. The van der Waals surface area contributed by atoms with Crippen LogP contribution in [0.2, 0.25) is 0 Å². The summed E-state index contributed by atoms with van der Waals surface area (Å²) in [5, 5.41) is 8.67. The zero-order valence-corrected chi connectivity index (χ0v) is 12.3. The van der Waals surface area contributed by atoms with Crippen molar-refractivity contribution in [2.75, 3.05) is 6.54 Å². The smallest absolute Gasteiger partial charge is 0.323 e. The molecule has 5 nitrogen and oxygen atoms in total. The average molecular weight is 322 g/mol. The second-order valence-corrected chi connectivity index (χ2v) is 3.99. The molecular weight excluding hydrogens is 303 g/mol. The van der Waals surface area contributed by atoms with Crippen LogP contribution < -0.4 is 11.5 Å². The SMILES string of the molecule is CC(N)=NC/C(F)=C(/F)CCC(C)(N)C(=O)O.Cl.Cl. The lowest BCUT2D eigenvalue weighted by atomic mass is 9.97. The highest BCUT2D eigenvalue weighted by Crippen LogP contribution is 2.19. The molecule has 0 aromatic rings. The Kier molecular flexibility index (Phi) is 12.1. The summed E-state index contributed by atoms with van der Waals surface area (Å²) < 4.78 is 26.3. The van der Waals surface area contributed by atoms with Crippen LogP contribution in [0.25, 0.3) is 0 Å². The first-order valence-corrected chi connectivity index (χ1v) is 4.98. The van der Waals surface area contributed by atoms with E-state index in [0.29, 0.717) is 0 Å². The van der Waals surface area contributed by atoms with E-state index >= 15 is 0 Å². The van der Waals surface area contributed by atoms with E-state index in [1.165, 1.54) is 13.8 Å². The van der Waals surface area contributed by atoms with E-state index < -0.39 is 29.7 Å². The number of nitrogens with zero attached hydrogens (tertiary/aromatic N) is 1. The summed E-state index contributed by atoms with van der Waals surface area (Å²) in [6, 6.07) is 0. The van der Waals surface area contributed by atoms with E-state index in [2.05, 4.69) is 4.99 Å². The summed E-state index contributed by atoms with van der Waals surface area (Å²) in [6.45, 7) is 2.21. The highest BCUT2D eigenvalue weighted by Gasteiger charge is 2.28. The Morgan fingerprint density at radius 2 is 1.79 bits per heavy atom. The molecular formula is C10H19Cl2F2N3O2. The number of hydrogen-bond donors (Lipinski definition) is 3. The van der Waals surface area contributed by atoms with E-state index in [4.69, 9.17) is 16.6 Å². The summed E-state index contributed by atoms with van der Waals surface area (Å²) in [5.41, 5.74) is 8.96. The molecule has 19 heavy (non-hydrogen) atoms. The molecule has 0 fully saturated rings. The van der Waals surface area contributed by atoms with Crippen molar-refractivity contribution in [3.8, 4) is 0 Å². The lowest BCUT2D eigenvalue weighted by Gasteiger charge is -2.18. The molecule has 0 amide bonds. The number of aliphatic imine (C=N–C) groups is 1. The largest absolute Gasteiger partial charge is 0.480 e. The maximum atomic E-state index is 13.2. The van der Waals surface area contributed by atoms with Gasteiger partial charge in [0.1, 0.15) is 11.4 Å². The van der Waals surface area contributed by atoms with Crippen LogP contribution in [0.1, 0.15) is 26.7 Å². The van der Waals surface area contributed by atoms with E-state index in [9.17, 15) is 13.6 Å². The van der Waals surface area contributed by atoms with Crippen LogP contribution in [-0.4, -0.2) is 29.0 Å². The van der Waals surface area contributed by atoms with Gasteiger partial charge in [0.15, 0.2) is 5.83 Å². The molecule has 0 spiro atoms. The van der Waals surface area contributed by atoms with Crippen LogP contribution in [0.4, 0.5) is 8.78 Å². The Balaban J connectivity index is -0.00000128. The quantitative estimate of drug-likeness (QED) is 0.514. The second-order valence-electron chi connectivity index (χ2n) is 3.99. The molecule has 0 aromatic carbocycles. The molecule has 0 saturated heterocycles. The van der Waals surface area contributed by atoms with Crippen molar-refractivity contribution in [2.24, 2.45) is 16.5 Å². The predicted octanol–water partition coefficient (Wildman–Crippen LogP) is 1.94. The number of aliphatic carboxylic acids is 1. The van der Waals surface area contributed by atoms with Gasteiger partial charge in [-0.05, 0) is 20.3 Å². The fourth-order valence-corrected chi connectivity index (χ4v) is 0.892. The monoisotopic (exact) mass is 321 g/mol. The van der Waals surface area contributed by atoms with E-state index in [1.807, 2.05) is 0 Å². The number of halogens is 4. The number of carboxylic acids is 1. The first-order valence-electron chi connectivity index (χ1n) is 4.98. The fourth-order valence-electron chi connectivity index (χ4n) is 0.892. The molecule has 0 aromatic heterocycles. The highest BCUT2D eigenvalue weighted by atomic mass is 35.5. The maximum absolute atomic E-state index is 13.2. The lowest BCUT2D eigenvalue weighted by molar-refractivity contribution is -0.142. The molecule has 114 valence electrons. The van der Waals surface area contributed by atoms with E-state index in [0.717, 1.165) is 0 Å². The minimum absolute atomic E-state index is 0. The predicted molar refractivity (Wildman–Crippen MR) is 75.4 cm³/mol. The maximum Gasteiger partial charge on any atom is 0.323 e. The van der Waals surface area contributed by atoms with Gasteiger partial charge in [-0.2, -0.15) is 0 Å².